The summed E-state index contributed by atoms with van der Waals surface area (Å²) in [4.78, 5) is 10.8. The minimum Gasteiger partial charge on any atom is -0.273 e. The molecule has 0 rings (SSSR count). The van der Waals surface area contributed by atoms with E-state index >= 15 is 0 Å². The molecule has 1 amide bonds. The molecule has 0 aromatic carbocycles. The van der Waals surface area contributed by atoms with Crippen LogP contribution in [0.2, 0.25) is 0 Å². The molecule has 0 saturated heterocycles. The van der Waals surface area contributed by atoms with Gasteiger partial charge in [0, 0.05) is 5.41 Å². The largest absolute Gasteiger partial charge is 0.273 e. The second-order valence-corrected chi connectivity index (χ2v) is 3.74. The molecule has 0 aliphatic rings. The van der Waals surface area contributed by atoms with Gasteiger partial charge < -0.3 is 0 Å². The van der Waals surface area contributed by atoms with Crippen molar-refractivity contribution in [2.24, 2.45) is 11.3 Å². The number of amides is 1. The lowest BCUT2D eigenvalue weighted by Gasteiger charge is -2.27. The predicted molar refractivity (Wildman–Crippen MR) is 46.0 cm³/mol. The fourth-order valence-electron chi connectivity index (χ4n) is 1.02. The molecule has 1 radical (unpaired) electrons. The van der Waals surface area contributed by atoms with E-state index in [2.05, 4.69) is 6.92 Å². The van der Waals surface area contributed by atoms with Gasteiger partial charge in [-0.1, -0.05) is 34.1 Å². The lowest BCUT2D eigenvalue weighted by molar-refractivity contribution is -0.129. The van der Waals surface area contributed by atoms with E-state index in [0.29, 0.717) is 5.92 Å². The van der Waals surface area contributed by atoms with Gasteiger partial charge in [-0.25, -0.2) is 0 Å². The molecular weight excluding hydrogens is 138 g/mol. The maximum absolute atomic E-state index is 10.8. The summed E-state index contributed by atoms with van der Waals surface area (Å²) in [6.07, 6.45) is 2.11. The highest BCUT2D eigenvalue weighted by atomic mass is 16.1. The van der Waals surface area contributed by atoms with Crippen molar-refractivity contribution in [1.82, 2.24) is 5.73 Å². The van der Waals surface area contributed by atoms with Crippen LogP contribution in [0.5, 0.6) is 0 Å². The summed E-state index contributed by atoms with van der Waals surface area (Å²) >= 11 is 0. The summed E-state index contributed by atoms with van der Waals surface area (Å²) in [5.41, 5.74) is 6.59. The van der Waals surface area contributed by atoms with E-state index in [0.717, 1.165) is 12.8 Å². The smallest absolute Gasteiger partial charge is 0.244 e. The van der Waals surface area contributed by atoms with Crippen molar-refractivity contribution >= 4 is 5.91 Å². The van der Waals surface area contributed by atoms with Crippen LogP contribution in [0.3, 0.4) is 0 Å². The molecule has 1 N–H and O–H groups in total. The minimum atomic E-state index is -0.462. The maximum atomic E-state index is 10.8. The highest BCUT2D eigenvalue weighted by Gasteiger charge is 2.31. The monoisotopic (exact) mass is 156 g/mol. The molecule has 0 aromatic rings. The van der Waals surface area contributed by atoms with Crippen LogP contribution in [0.4, 0.5) is 0 Å². The first-order valence-electron chi connectivity index (χ1n) is 4.19. The third-order valence-electron chi connectivity index (χ3n) is 2.54. The van der Waals surface area contributed by atoms with Crippen molar-refractivity contribution in [3.05, 3.63) is 0 Å². The Bertz CT molecular complexity index is 140. The highest BCUT2D eigenvalue weighted by molar-refractivity contribution is 5.79. The van der Waals surface area contributed by atoms with Gasteiger partial charge >= 0.3 is 0 Å². The van der Waals surface area contributed by atoms with E-state index < -0.39 is 11.3 Å². The molecule has 0 heterocycles. The molecular formula is C9H18NO. The zero-order valence-corrected chi connectivity index (χ0v) is 7.90. The Labute approximate surface area is 69.2 Å². The summed E-state index contributed by atoms with van der Waals surface area (Å²) in [6, 6.07) is 0. The van der Waals surface area contributed by atoms with E-state index in [-0.39, 0.29) is 0 Å². The Morgan fingerprint density at radius 2 is 2.00 bits per heavy atom. The van der Waals surface area contributed by atoms with Crippen LogP contribution in [0, 0.1) is 11.3 Å². The third kappa shape index (κ3) is 2.52. The standard InChI is InChI=1S/C9H18NO/c1-5-6-7(2)9(3,4)8(10)11/h7,10H,5-6H2,1-4H3. The summed E-state index contributed by atoms with van der Waals surface area (Å²) in [5.74, 6) is -0.129. The van der Waals surface area contributed by atoms with Crippen molar-refractivity contribution in [1.29, 1.82) is 0 Å². The number of carbonyl (C=O) groups is 1. The summed E-state index contributed by atoms with van der Waals surface area (Å²) in [6.45, 7) is 7.84. The fraction of sp³-hybridized carbons (Fsp3) is 0.889. The SMILES string of the molecule is CCCC(C)C(C)(C)C([NH])=O. The average Bonchev–Trinajstić information content (AvgIpc) is 1.88. The molecule has 2 heteroatoms. The molecule has 0 fully saturated rings. The van der Waals surface area contributed by atoms with Crippen molar-refractivity contribution in [2.45, 2.75) is 40.5 Å². The Morgan fingerprint density at radius 3 is 2.27 bits per heavy atom. The lowest BCUT2D eigenvalue weighted by atomic mass is 9.77. The number of carbonyl (C=O) groups excluding carboxylic acids is 1. The van der Waals surface area contributed by atoms with E-state index in [4.69, 9.17) is 5.73 Å². The zero-order chi connectivity index (χ0) is 9.07. The molecule has 0 aliphatic carbocycles. The molecule has 0 saturated carbocycles. The van der Waals surface area contributed by atoms with Gasteiger partial charge in [0.15, 0.2) is 0 Å². The van der Waals surface area contributed by atoms with Crippen LogP contribution in [0.25, 0.3) is 0 Å². The molecule has 11 heavy (non-hydrogen) atoms. The topological polar surface area (TPSA) is 40.9 Å². The first kappa shape index (κ1) is 10.5. The normalized spacial score (nSPS) is 14.5. The molecule has 2 nitrogen and oxygen atoms in total. The van der Waals surface area contributed by atoms with Crippen LogP contribution < -0.4 is 5.73 Å². The zero-order valence-electron chi connectivity index (χ0n) is 7.90. The van der Waals surface area contributed by atoms with E-state index in [1.165, 1.54) is 0 Å². The summed E-state index contributed by atoms with van der Waals surface area (Å²) < 4.78 is 0. The number of nitrogens with one attached hydrogen (secondary N) is 1. The maximum Gasteiger partial charge on any atom is 0.244 e. The quantitative estimate of drug-likeness (QED) is 0.615. The second-order valence-electron chi connectivity index (χ2n) is 3.74. The highest BCUT2D eigenvalue weighted by Crippen LogP contribution is 2.29. The van der Waals surface area contributed by atoms with Crippen LogP contribution in [0.1, 0.15) is 40.5 Å². The van der Waals surface area contributed by atoms with Crippen molar-refractivity contribution in [3.63, 3.8) is 0 Å². The molecule has 1 unspecified atom stereocenters. The number of hydrogen-bond donors (Lipinski definition) is 0. The summed E-state index contributed by atoms with van der Waals surface area (Å²) in [7, 11) is 0. The average molecular weight is 156 g/mol. The van der Waals surface area contributed by atoms with Gasteiger partial charge in [0.25, 0.3) is 0 Å². The molecule has 0 aromatic heterocycles. The summed E-state index contributed by atoms with van der Waals surface area (Å²) in [5, 5.41) is 0. The molecule has 0 spiro atoms. The molecule has 0 bridgehead atoms. The number of rotatable bonds is 4. The van der Waals surface area contributed by atoms with Crippen molar-refractivity contribution in [3.8, 4) is 0 Å². The predicted octanol–water partition coefficient (Wildman–Crippen LogP) is 2.26. The third-order valence-corrected chi connectivity index (χ3v) is 2.54. The van der Waals surface area contributed by atoms with E-state index in [9.17, 15) is 4.79 Å². The van der Waals surface area contributed by atoms with Gasteiger partial charge in [0.1, 0.15) is 0 Å². The Morgan fingerprint density at radius 1 is 1.55 bits per heavy atom. The fourth-order valence-corrected chi connectivity index (χ4v) is 1.02. The Balaban J connectivity index is 4.17. The van der Waals surface area contributed by atoms with Crippen LogP contribution >= 0.6 is 0 Å². The minimum absolute atomic E-state index is 0.317. The first-order valence-corrected chi connectivity index (χ1v) is 4.19. The van der Waals surface area contributed by atoms with Gasteiger partial charge in [-0.15, -0.1) is 0 Å². The van der Waals surface area contributed by atoms with E-state index in [1.807, 2.05) is 20.8 Å². The molecule has 0 aliphatic heterocycles. The van der Waals surface area contributed by atoms with Gasteiger partial charge in [-0.2, -0.15) is 0 Å². The Kier molecular flexibility index (Phi) is 3.56. The van der Waals surface area contributed by atoms with Crippen LogP contribution in [0.15, 0.2) is 0 Å². The van der Waals surface area contributed by atoms with E-state index in [1.54, 1.807) is 0 Å². The number of hydrogen-bond acceptors (Lipinski definition) is 1. The van der Waals surface area contributed by atoms with Gasteiger partial charge in [-0.05, 0) is 12.3 Å². The van der Waals surface area contributed by atoms with Crippen LogP contribution in [-0.2, 0) is 4.79 Å². The van der Waals surface area contributed by atoms with Crippen LogP contribution in [-0.4, -0.2) is 5.91 Å². The van der Waals surface area contributed by atoms with Gasteiger partial charge in [-0.3, -0.25) is 10.5 Å². The first-order chi connectivity index (χ1) is 4.92. The van der Waals surface area contributed by atoms with Crippen molar-refractivity contribution in [2.75, 3.05) is 0 Å². The lowest BCUT2D eigenvalue weighted by Crippen LogP contribution is -2.32. The Hall–Kier alpha value is -0.530. The second kappa shape index (κ2) is 3.74. The molecule has 1 atom stereocenters. The van der Waals surface area contributed by atoms with Gasteiger partial charge in [0.2, 0.25) is 5.91 Å². The van der Waals surface area contributed by atoms with Crippen molar-refractivity contribution < 1.29 is 4.79 Å². The van der Waals surface area contributed by atoms with Gasteiger partial charge in [0.05, 0.1) is 0 Å². The molecule has 65 valence electrons.